The van der Waals surface area contributed by atoms with E-state index in [0.717, 1.165) is 22.5 Å². The standard InChI is InChI=1S/C12H11N5S/c1-8-6-9-4-2-3-5-11(9)17(18)15-12(8)10-7-13-16-14-10/h2-7,18H,1H3,(H,13,14,16). The van der Waals surface area contributed by atoms with E-state index in [-0.39, 0.29) is 0 Å². The van der Waals surface area contributed by atoms with Crippen LogP contribution in [-0.4, -0.2) is 21.1 Å². The molecule has 0 bridgehead atoms. The maximum atomic E-state index is 4.46. The number of hydrogen-bond acceptors (Lipinski definition) is 5. The molecule has 0 saturated carbocycles. The fourth-order valence-corrected chi connectivity index (χ4v) is 2.16. The van der Waals surface area contributed by atoms with Crippen LogP contribution in [0.1, 0.15) is 18.2 Å². The minimum absolute atomic E-state index is 0.704. The Hall–Kier alpha value is -2.08. The van der Waals surface area contributed by atoms with Gasteiger partial charge in [-0.2, -0.15) is 5.10 Å². The van der Waals surface area contributed by atoms with Crippen molar-refractivity contribution in [1.82, 2.24) is 15.4 Å². The molecular weight excluding hydrogens is 246 g/mol. The molecule has 0 atom stereocenters. The van der Waals surface area contributed by atoms with Gasteiger partial charge in [0.1, 0.15) is 11.4 Å². The second-order valence-corrected chi connectivity index (χ2v) is 4.36. The lowest BCUT2D eigenvalue weighted by Crippen LogP contribution is -2.09. The van der Waals surface area contributed by atoms with Crippen molar-refractivity contribution >= 4 is 30.3 Å². The zero-order chi connectivity index (χ0) is 12.5. The zero-order valence-electron chi connectivity index (χ0n) is 9.70. The van der Waals surface area contributed by atoms with E-state index in [0.29, 0.717) is 5.69 Å². The Morgan fingerprint density at radius 3 is 2.89 bits per heavy atom. The van der Waals surface area contributed by atoms with Crippen molar-refractivity contribution in [3.05, 3.63) is 47.3 Å². The quantitative estimate of drug-likeness (QED) is 0.771. The fraction of sp³-hybridized carbons (Fsp3) is 0.0833. The van der Waals surface area contributed by atoms with Gasteiger partial charge in [0.05, 0.1) is 11.9 Å². The summed E-state index contributed by atoms with van der Waals surface area (Å²) in [5.74, 6) is 0. The lowest BCUT2D eigenvalue weighted by atomic mass is 10.1. The number of H-pyrrole nitrogens is 1. The number of aromatic nitrogens is 3. The molecule has 2 heterocycles. The molecule has 1 aliphatic heterocycles. The predicted molar refractivity (Wildman–Crippen MR) is 74.5 cm³/mol. The molecule has 3 rings (SSSR count). The fourth-order valence-electron chi connectivity index (χ4n) is 1.89. The van der Waals surface area contributed by atoms with Crippen LogP contribution in [-0.2, 0) is 0 Å². The normalized spacial score (nSPS) is 14.7. The van der Waals surface area contributed by atoms with Gasteiger partial charge < -0.3 is 0 Å². The molecule has 0 radical (unpaired) electrons. The minimum atomic E-state index is 0.704. The topological polar surface area (TPSA) is 57.2 Å². The number of hydrogen-bond donors (Lipinski definition) is 2. The van der Waals surface area contributed by atoms with Crippen molar-refractivity contribution in [1.29, 1.82) is 0 Å². The van der Waals surface area contributed by atoms with E-state index in [1.165, 1.54) is 0 Å². The molecule has 1 aromatic heterocycles. The molecule has 1 aromatic carbocycles. The highest BCUT2D eigenvalue weighted by atomic mass is 32.1. The highest BCUT2D eigenvalue weighted by Crippen LogP contribution is 2.28. The molecular formula is C12H11N5S. The molecule has 0 unspecified atom stereocenters. The first-order chi connectivity index (χ1) is 8.75. The van der Waals surface area contributed by atoms with Gasteiger partial charge in [0.2, 0.25) is 0 Å². The first-order valence-corrected chi connectivity index (χ1v) is 5.88. The number of nitrogens with one attached hydrogen (secondary N) is 1. The van der Waals surface area contributed by atoms with Crippen LogP contribution in [0.25, 0.3) is 6.08 Å². The van der Waals surface area contributed by atoms with Gasteiger partial charge in [-0.25, -0.2) is 4.41 Å². The SMILES string of the molecule is CC1=Cc2ccccc2N(S)N=C1c1c[nH]nn1. The number of thiol groups is 1. The summed E-state index contributed by atoms with van der Waals surface area (Å²) in [6.45, 7) is 2.00. The Bertz CT molecular complexity index is 630. The Morgan fingerprint density at radius 2 is 2.11 bits per heavy atom. The molecule has 5 nitrogen and oxygen atoms in total. The van der Waals surface area contributed by atoms with Gasteiger partial charge in [0, 0.05) is 5.56 Å². The summed E-state index contributed by atoms with van der Waals surface area (Å²) in [5, 5.41) is 14.9. The zero-order valence-corrected chi connectivity index (χ0v) is 10.6. The van der Waals surface area contributed by atoms with Crippen molar-refractivity contribution in [3.63, 3.8) is 0 Å². The van der Waals surface area contributed by atoms with Crippen LogP contribution in [0.3, 0.4) is 0 Å². The molecule has 6 heteroatoms. The van der Waals surface area contributed by atoms with Crippen LogP contribution >= 0.6 is 12.8 Å². The molecule has 18 heavy (non-hydrogen) atoms. The molecule has 0 fully saturated rings. The van der Waals surface area contributed by atoms with Crippen LogP contribution in [0.15, 0.2) is 41.1 Å². The van der Waals surface area contributed by atoms with Crippen LogP contribution in [0.4, 0.5) is 5.69 Å². The number of anilines is 1. The number of hydrazone groups is 1. The summed E-state index contributed by atoms with van der Waals surface area (Å²) >= 11 is 4.39. The first-order valence-electron chi connectivity index (χ1n) is 5.48. The summed E-state index contributed by atoms with van der Waals surface area (Å²) in [5.41, 5.74) is 4.50. The van der Waals surface area contributed by atoms with Crippen molar-refractivity contribution in [2.75, 3.05) is 4.41 Å². The summed E-state index contributed by atoms with van der Waals surface area (Å²) in [6, 6.07) is 7.96. The monoisotopic (exact) mass is 257 g/mol. The lowest BCUT2D eigenvalue weighted by Gasteiger charge is -2.12. The Labute approximate surface area is 110 Å². The van der Waals surface area contributed by atoms with Crippen LogP contribution in [0.5, 0.6) is 0 Å². The van der Waals surface area contributed by atoms with Crippen LogP contribution < -0.4 is 4.41 Å². The van der Waals surface area contributed by atoms with Crippen molar-refractivity contribution < 1.29 is 0 Å². The van der Waals surface area contributed by atoms with Gasteiger partial charge in [0.15, 0.2) is 0 Å². The number of benzene rings is 1. The van der Waals surface area contributed by atoms with Crippen LogP contribution in [0, 0.1) is 0 Å². The van der Waals surface area contributed by atoms with Gasteiger partial charge in [-0.05, 0) is 37.5 Å². The van der Waals surface area contributed by atoms with E-state index >= 15 is 0 Å². The molecule has 0 saturated heterocycles. The van der Waals surface area contributed by atoms with Gasteiger partial charge in [-0.3, -0.25) is 5.10 Å². The Morgan fingerprint density at radius 1 is 1.28 bits per heavy atom. The Balaban J connectivity index is 2.16. The summed E-state index contributed by atoms with van der Waals surface area (Å²) in [4.78, 5) is 0. The largest absolute Gasteiger partial charge is 0.265 e. The number of para-hydroxylation sites is 1. The van der Waals surface area contributed by atoms with Gasteiger partial charge in [-0.1, -0.05) is 23.4 Å². The number of allylic oxidation sites excluding steroid dienone is 1. The van der Waals surface area contributed by atoms with E-state index in [2.05, 4.69) is 39.4 Å². The number of rotatable bonds is 1. The number of fused-ring (bicyclic) bond motifs is 1. The molecule has 0 amide bonds. The summed E-state index contributed by atoms with van der Waals surface area (Å²) in [7, 11) is 0. The summed E-state index contributed by atoms with van der Waals surface area (Å²) in [6.07, 6.45) is 3.78. The third-order valence-electron chi connectivity index (χ3n) is 2.75. The van der Waals surface area contributed by atoms with Gasteiger partial charge in [0.25, 0.3) is 0 Å². The van der Waals surface area contributed by atoms with Gasteiger partial charge >= 0.3 is 0 Å². The molecule has 1 N–H and O–H groups in total. The average Bonchev–Trinajstić information content (AvgIpc) is 2.85. The second kappa shape index (κ2) is 4.30. The molecule has 0 spiro atoms. The van der Waals surface area contributed by atoms with Crippen molar-refractivity contribution in [3.8, 4) is 0 Å². The first kappa shape index (κ1) is 11.0. The third-order valence-corrected chi connectivity index (χ3v) is 3.06. The highest BCUT2D eigenvalue weighted by molar-refractivity contribution is 7.81. The van der Waals surface area contributed by atoms with Gasteiger partial charge in [-0.15, -0.1) is 5.10 Å². The number of aromatic amines is 1. The van der Waals surface area contributed by atoms with Crippen LogP contribution in [0.2, 0.25) is 0 Å². The Kier molecular flexibility index (Phi) is 2.64. The second-order valence-electron chi connectivity index (χ2n) is 3.98. The van der Waals surface area contributed by atoms with E-state index in [4.69, 9.17) is 0 Å². The molecule has 1 aliphatic rings. The smallest absolute Gasteiger partial charge is 0.133 e. The van der Waals surface area contributed by atoms with Crippen molar-refractivity contribution in [2.45, 2.75) is 6.92 Å². The predicted octanol–water partition coefficient (Wildman–Crippen LogP) is 2.28. The van der Waals surface area contributed by atoms with E-state index in [9.17, 15) is 0 Å². The lowest BCUT2D eigenvalue weighted by molar-refractivity contribution is 0.936. The number of nitrogens with zero attached hydrogens (tertiary/aromatic N) is 4. The molecule has 0 aliphatic carbocycles. The highest BCUT2D eigenvalue weighted by Gasteiger charge is 2.17. The summed E-state index contributed by atoms with van der Waals surface area (Å²) < 4.78 is 1.56. The maximum Gasteiger partial charge on any atom is 0.133 e. The van der Waals surface area contributed by atoms with E-state index in [1.807, 2.05) is 31.2 Å². The van der Waals surface area contributed by atoms with E-state index in [1.54, 1.807) is 10.6 Å². The molecule has 90 valence electrons. The van der Waals surface area contributed by atoms with Crippen molar-refractivity contribution in [2.24, 2.45) is 5.10 Å². The molecule has 2 aromatic rings. The minimum Gasteiger partial charge on any atom is -0.265 e. The average molecular weight is 257 g/mol. The maximum absolute atomic E-state index is 4.46. The third kappa shape index (κ3) is 1.80. The van der Waals surface area contributed by atoms with E-state index < -0.39 is 0 Å².